The monoisotopic (exact) mass is 445 g/mol. The van der Waals surface area contributed by atoms with Crippen LogP contribution in [0.25, 0.3) is 0 Å². The van der Waals surface area contributed by atoms with Crippen molar-refractivity contribution >= 4 is 17.5 Å². The molecule has 0 atom stereocenters. The van der Waals surface area contributed by atoms with Crippen molar-refractivity contribution in [2.24, 2.45) is 0 Å². The molecule has 1 heterocycles. The minimum Gasteiger partial charge on any atom is -0.371 e. The molecule has 2 amide bonds. The van der Waals surface area contributed by atoms with E-state index in [-0.39, 0.29) is 17.9 Å². The number of nitrogens with one attached hydrogen (secondary N) is 2. The number of nitrogens with zero attached hydrogens (tertiary/aromatic N) is 1. The highest BCUT2D eigenvalue weighted by Gasteiger charge is 2.24. The van der Waals surface area contributed by atoms with E-state index in [1.165, 1.54) is 23.8 Å². The van der Waals surface area contributed by atoms with E-state index in [0.29, 0.717) is 17.7 Å². The molecule has 0 radical (unpaired) electrons. The molecule has 0 unspecified atom stereocenters. The quantitative estimate of drug-likeness (QED) is 0.573. The van der Waals surface area contributed by atoms with Gasteiger partial charge in [-0.05, 0) is 55.2 Å². The third-order valence-electron chi connectivity index (χ3n) is 5.95. The van der Waals surface area contributed by atoms with E-state index in [0.717, 1.165) is 38.0 Å². The molecular weight excluding hydrogens is 417 g/mol. The van der Waals surface area contributed by atoms with Crippen LogP contribution in [-0.2, 0) is 6.42 Å². The predicted molar refractivity (Wildman–Crippen MR) is 128 cm³/mol. The molecule has 1 aliphatic rings. The molecule has 1 aliphatic heterocycles. The maximum atomic E-state index is 13.4. The molecule has 0 aromatic heterocycles. The molecule has 0 aliphatic carbocycles. The fourth-order valence-corrected chi connectivity index (χ4v) is 4.16. The highest BCUT2D eigenvalue weighted by atomic mass is 19.1. The van der Waals surface area contributed by atoms with Crippen LogP contribution < -0.4 is 15.5 Å². The summed E-state index contributed by atoms with van der Waals surface area (Å²) < 4.78 is 13.4. The fourth-order valence-electron chi connectivity index (χ4n) is 4.16. The lowest BCUT2D eigenvalue weighted by Gasteiger charge is -2.35. The Bertz CT molecular complexity index is 1100. The first-order chi connectivity index (χ1) is 16.1. The van der Waals surface area contributed by atoms with Gasteiger partial charge in [0, 0.05) is 36.9 Å². The zero-order valence-electron chi connectivity index (χ0n) is 18.5. The van der Waals surface area contributed by atoms with E-state index in [2.05, 4.69) is 27.7 Å². The number of carbonyl (C=O) groups is 2. The summed E-state index contributed by atoms with van der Waals surface area (Å²) in [6, 6.07) is 23.5. The molecule has 3 aromatic rings. The number of amides is 2. The number of hydrogen-bond acceptors (Lipinski definition) is 3. The number of rotatable bonds is 7. The molecule has 1 fully saturated rings. The molecule has 6 heteroatoms. The Morgan fingerprint density at radius 1 is 0.879 bits per heavy atom. The van der Waals surface area contributed by atoms with Crippen LogP contribution in [0.5, 0.6) is 0 Å². The van der Waals surface area contributed by atoms with E-state index in [9.17, 15) is 14.0 Å². The molecular formula is C27H28FN3O2. The summed E-state index contributed by atoms with van der Waals surface area (Å²) in [5.41, 5.74) is 3.08. The standard InChI is InChI=1S/C27H28FN3O2/c28-22-10-6-9-21(19-22)26(32)30-23-14-17-31(18-15-23)25-12-5-4-11-24(25)27(33)29-16-13-20-7-2-1-3-8-20/h1-12,19,23H,13-18H2,(H,29,33)(H,30,32). The van der Waals surface area contributed by atoms with Crippen LogP contribution in [0.4, 0.5) is 10.1 Å². The number of halogens is 1. The minimum atomic E-state index is -0.420. The Morgan fingerprint density at radius 2 is 1.61 bits per heavy atom. The summed E-state index contributed by atoms with van der Waals surface area (Å²) in [6.45, 7) is 2.02. The Kier molecular flexibility index (Phi) is 7.35. The molecule has 0 saturated carbocycles. The van der Waals surface area contributed by atoms with Gasteiger partial charge >= 0.3 is 0 Å². The van der Waals surface area contributed by atoms with E-state index >= 15 is 0 Å². The van der Waals surface area contributed by atoms with Gasteiger partial charge in [0.15, 0.2) is 0 Å². The second-order valence-electron chi connectivity index (χ2n) is 8.25. The van der Waals surface area contributed by atoms with E-state index < -0.39 is 5.82 Å². The average molecular weight is 446 g/mol. The molecule has 170 valence electrons. The fraction of sp³-hybridized carbons (Fsp3) is 0.259. The Hall–Kier alpha value is -3.67. The van der Waals surface area contributed by atoms with Crippen molar-refractivity contribution in [2.75, 3.05) is 24.5 Å². The van der Waals surface area contributed by atoms with Crippen molar-refractivity contribution < 1.29 is 14.0 Å². The van der Waals surface area contributed by atoms with Gasteiger partial charge in [0.05, 0.1) is 5.56 Å². The van der Waals surface area contributed by atoms with Crippen LogP contribution >= 0.6 is 0 Å². The highest BCUT2D eigenvalue weighted by molar-refractivity contribution is 5.99. The molecule has 3 aromatic carbocycles. The summed E-state index contributed by atoms with van der Waals surface area (Å²) in [5, 5.41) is 6.03. The van der Waals surface area contributed by atoms with Gasteiger partial charge in [0.1, 0.15) is 5.82 Å². The second kappa shape index (κ2) is 10.8. The van der Waals surface area contributed by atoms with Crippen LogP contribution in [0.3, 0.4) is 0 Å². The molecule has 2 N–H and O–H groups in total. The third kappa shape index (κ3) is 5.98. The van der Waals surface area contributed by atoms with Crippen LogP contribution in [0, 0.1) is 5.82 Å². The number of piperidine rings is 1. The summed E-state index contributed by atoms with van der Waals surface area (Å²) >= 11 is 0. The molecule has 1 saturated heterocycles. The molecule has 5 nitrogen and oxygen atoms in total. The third-order valence-corrected chi connectivity index (χ3v) is 5.95. The van der Waals surface area contributed by atoms with Gasteiger partial charge < -0.3 is 15.5 Å². The van der Waals surface area contributed by atoms with E-state index in [1.807, 2.05) is 42.5 Å². The first kappa shape index (κ1) is 22.5. The van der Waals surface area contributed by atoms with Gasteiger partial charge in [-0.3, -0.25) is 9.59 Å². The second-order valence-corrected chi connectivity index (χ2v) is 8.25. The number of benzene rings is 3. The van der Waals surface area contributed by atoms with Crippen LogP contribution in [-0.4, -0.2) is 37.5 Å². The van der Waals surface area contributed by atoms with Crippen molar-refractivity contribution in [3.63, 3.8) is 0 Å². The normalized spacial score (nSPS) is 14.0. The zero-order chi connectivity index (χ0) is 23.0. The maximum Gasteiger partial charge on any atom is 0.253 e. The molecule has 0 spiro atoms. The number of carbonyl (C=O) groups excluding carboxylic acids is 2. The summed E-state index contributed by atoms with van der Waals surface area (Å²) in [4.78, 5) is 27.5. The predicted octanol–water partition coefficient (Wildman–Crippen LogP) is 4.20. The maximum absolute atomic E-state index is 13.4. The largest absolute Gasteiger partial charge is 0.371 e. The topological polar surface area (TPSA) is 61.4 Å². The minimum absolute atomic E-state index is 0.0175. The van der Waals surface area contributed by atoms with Crippen molar-refractivity contribution in [3.05, 3.63) is 101 Å². The first-order valence-corrected chi connectivity index (χ1v) is 11.3. The van der Waals surface area contributed by atoms with Gasteiger partial charge in [0.2, 0.25) is 0 Å². The van der Waals surface area contributed by atoms with Gasteiger partial charge in [-0.15, -0.1) is 0 Å². The number of para-hydroxylation sites is 1. The van der Waals surface area contributed by atoms with Gasteiger partial charge in [-0.1, -0.05) is 48.5 Å². The summed E-state index contributed by atoms with van der Waals surface area (Å²) in [5.74, 6) is -0.759. The highest BCUT2D eigenvalue weighted by Crippen LogP contribution is 2.24. The van der Waals surface area contributed by atoms with E-state index in [4.69, 9.17) is 0 Å². The van der Waals surface area contributed by atoms with Crippen molar-refractivity contribution in [1.29, 1.82) is 0 Å². The van der Waals surface area contributed by atoms with Gasteiger partial charge in [0.25, 0.3) is 11.8 Å². The van der Waals surface area contributed by atoms with Crippen LogP contribution in [0.2, 0.25) is 0 Å². The number of anilines is 1. The Morgan fingerprint density at radius 3 is 2.36 bits per heavy atom. The van der Waals surface area contributed by atoms with Gasteiger partial charge in [-0.25, -0.2) is 4.39 Å². The smallest absolute Gasteiger partial charge is 0.253 e. The average Bonchev–Trinajstić information content (AvgIpc) is 2.85. The van der Waals surface area contributed by atoms with Gasteiger partial charge in [-0.2, -0.15) is 0 Å². The molecule has 33 heavy (non-hydrogen) atoms. The lowest BCUT2D eigenvalue weighted by Crippen LogP contribution is -2.45. The lowest BCUT2D eigenvalue weighted by atomic mass is 10.0. The van der Waals surface area contributed by atoms with Crippen molar-refractivity contribution in [3.8, 4) is 0 Å². The van der Waals surface area contributed by atoms with Crippen LogP contribution in [0.1, 0.15) is 39.1 Å². The van der Waals surface area contributed by atoms with Crippen molar-refractivity contribution in [1.82, 2.24) is 10.6 Å². The molecule has 4 rings (SSSR count). The Labute approximate surface area is 193 Å². The summed E-state index contributed by atoms with van der Waals surface area (Å²) in [6.07, 6.45) is 2.29. The van der Waals surface area contributed by atoms with Crippen molar-refractivity contribution in [2.45, 2.75) is 25.3 Å². The SMILES string of the molecule is O=C(NC1CCN(c2ccccc2C(=O)NCCc2ccccc2)CC1)c1cccc(F)c1. The first-order valence-electron chi connectivity index (χ1n) is 11.3. The van der Waals surface area contributed by atoms with Crippen LogP contribution in [0.15, 0.2) is 78.9 Å². The zero-order valence-corrected chi connectivity index (χ0v) is 18.5. The Balaban J connectivity index is 1.32. The molecule has 0 bridgehead atoms. The number of hydrogen-bond donors (Lipinski definition) is 2. The van der Waals surface area contributed by atoms with E-state index in [1.54, 1.807) is 6.07 Å². The lowest BCUT2D eigenvalue weighted by molar-refractivity contribution is 0.0929. The summed E-state index contributed by atoms with van der Waals surface area (Å²) in [7, 11) is 0.